The Morgan fingerprint density at radius 1 is 1.21 bits per heavy atom. The number of benzene rings is 1. The minimum absolute atomic E-state index is 0.103. The fourth-order valence-corrected chi connectivity index (χ4v) is 3.49. The van der Waals surface area contributed by atoms with E-state index in [1.165, 1.54) is 0 Å². The zero-order valence-electron chi connectivity index (χ0n) is 15.9. The molecule has 7 heteroatoms. The predicted octanol–water partition coefficient (Wildman–Crippen LogP) is 2.88. The minimum atomic E-state index is -0.238. The molecule has 0 saturated heterocycles. The van der Waals surface area contributed by atoms with Crippen LogP contribution in [0.15, 0.2) is 57.7 Å². The molecule has 0 bridgehead atoms. The molecule has 7 nitrogen and oxygen atoms in total. The van der Waals surface area contributed by atoms with Crippen LogP contribution in [-0.4, -0.2) is 33.6 Å². The molecule has 0 aliphatic carbocycles. The molecule has 0 amide bonds. The fourth-order valence-electron chi connectivity index (χ4n) is 3.49. The van der Waals surface area contributed by atoms with E-state index in [1.807, 2.05) is 31.2 Å². The first-order valence-corrected chi connectivity index (χ1v) is 9.48. The van der Waals surface area contributed by atoms with Crippen LogP contribution in [0, 0.1) is 0 Å². The lowest BCUT2D eigenvalue weighted by Crippen LogP contribution is -3.15. The maximum Gasteiger partial charge on any atom is 0.283 e. The quantitative estimate of drug-likeness (QED) is 0.460. The van der Waals surface area contributed by atoms with E-state index in [0.717, 1.165) is 34.3 Å². The predicted molar refractivity (Wildman–Crippen MR) is 104 cm³/mol. The number of para-hydroxylation sites is 1. The van der Waals surface area contributed by atoms with E-state index in [-0.39, 0.29) is 11.8 Å². The van der Waals surface area contributed by atoms with Gasteiger partial charge >= 0.3 is 0 Å². The molecule has 2 atom stereocenters. The van der Waals surface area contributed by atoms with Gasteiger partial charge in [-0.15, -0.1) is 10.2 Å². The van der Waals surface area contributed by atoms with Gasteiger partial charge in [0.1, 0.15) is 6.04 Å². The topological polar surface area (TPSA) is 89.4 Å². The largest absolute Gasteiger partial charge is 0.459 e. The van der Waals surface area contributed by atoms with Crippen molar-refractivity contribution in [3.05, 3.63) is 60.3 Å². The van der Waals surface area contributed by atoms with Crippen LogP contribution in [0.25, 0.3) is 22.6 Å². The number of ketones is 1. The summed E-state index contributed by atoms with van der Waals surface area (Å²) >= 11 is 0. The van der Waals surface area contributed by atoms with Crippen LogP contribution in [0.3, 0.4) is 0 Å². The second-order valence-corrected chi connectivity index (χ2v) is 6.90. The molecular weight excluding hydrogens is 356 g/mol. The van der Waals surface area contributed by atoms with Crippen molar-refractivity contribution >= 4 is 16.7 Å². The summed E-state index contributed by atoms with van der Waals surface area (Å²) in [7, 11) is 0. The lowest BCUT2D eigenvalue weighted by atomic mass is 10.0. The lowest BCUT2D eigenvalue weighted by molar-refractivity contribution is -0.928. The van der Waals surface area contributed by atoms with Gasteiger partial charge in [0.05, 0.1) is 12.8 Å². The van der Waals surface area contributed by atoms with Crippen LogP contribution in [0.1, 0.15) is 36.5 Å². The fraction of sp³-hybridized carbons (Fsp3) is 0.286. The maximum absolute atomic E-state index is 13.2. The Kier molecular flexibility index (Phi) is 5.08. The van der Waals surface area contributed by atoms with Gasteiger partial charge in [-0.25, -0.2) is 0 Å². The molecule has 1 aromatic carbocycles. The van der Waals surface area contributed by atoms with E-state index < -0.39 is 0 Å². The monoisotopic (exact) mass is 379 g/mol. The summed E-state index contributed by atoms with van der Waals surface area (Å²) in [4.78, 5) is 17.5. The van der Waals surface area contributed by atoms with E-state index in [0.29, 0.717) is 24.1 Å². The van der Waals surface area contributed by atoms with E-state index >= 15 is 0 Å². The van der Waals surface area contributed by atoms with Gasteiger partial charge in [0.15, 0.2) is 12.3 Å². The van der Waals surface area contributed by atoms with Gasteiger partial charge in [0.25, 0.3) is 11.8 Å². The van der Waals surface area contributed by atoms with Gasteiger partial charge in [-0.05, 0) is 31.5 Å². The first-order valence-electron chi connectivity index (χ1n) is 9.48. The molecule has 0 fully saturated rings. The first-order chi connectivity index (χ1) is 13.7. The van der Waals surface area contributed by atoms with E-state index in [9.17, 15) is 4.79 Å². The van der Waals surface area contributed by atoms with Crippen molar-refractivity contribution in [2.75, 3.05) is 6.54 Å². The number of Topliss-reactive ketones (excluding diaryl/α,β-unsaturated/α-hetero) is 1. The Morgan fingerprint density at radius 2 is 2.07 bits per heavy atom. The van der Waals surface area contributed by atoms with Gasteiger partial charge in [-0.2, -0.15) is 0 Å². The van der Waals surface area contributed by atoms with Crippen molar-refractivity contribution < 1.29 is 18.5 Å². The Hall–Kier alpha value is -3.19. The second-order valence-electron chi connectivity index (χ2n) is 6.90. The highest BCUT2D eigenvalue weighted by molar-refractivity contribution is 6.09. The minimum Gasteiger partial charge on any atom is -0.459 e. The van der Waals surface area contributed by atoms with Crippen LogP contribution in [-0.2, 0) is 6.54 Å². The van der Waals surface area contributed by atoms with Gasteiger partial charge in [-0.1, -0.05) is 25.1 Å². The molecule has 0 radical (unpaired) electrons. The number of furan rings is 1. The summed E-state index contributed by atoms with van der Waals surface area (Å²) < 4.78 is 11.0. The Morgan fingerprint density at radius 3 is 2.86 bits per heavy atom. The van der Waals surface area contributed by atoms with E-state index in [2.05, 4.69) is 22.1 Å². The van der Waals surface area contributed by atoms with E-state index in [4.69, 9.17) is 8.83 Å². The average Bonchev–Trinajstić information content (AvgIpc) is 3.46. The lowest BCUT2D eigenvalue weighted by Gasteiger charge is -2.23. The second kappa shape index (κ2) is 7.82. The summed E-state index contributed by atoms with van der Waals surface area (Å²) in [5, 5.41) is 9.14. The van der Waals surface area contributed by atoms with Crippen LogP contribution in [0.5, 0.6) is 0 Å². The van der Waals surface area contributed by atoms with Crippen molar-refractivity contribution in [2.45, 2.75) is 32.9 Å². The van der Waals surface area contributed by atoms with Crippen molar-refractivity contribution in [1.82, 2.24) is 15.2 Å². The third-order valence-corrected chi connectivity index (χ3v) is 5.01. The number of nitrogens with one attached hydrogen (secondary N) is 2. The summed E-state index contributed by atoms with van der Waals surface area (Å²) in [5.41, 5.74) is 1.69. The summed E-state index contributed by atoms with van der Waals surface area (Å²) in [6, 6.07) is 11.2. The third-order valence-electron chi connectivity index (χ3n) is 5.01. The number of quaternary nitrogens is 1. The maximum atomic E-state index is 13.2. The number of H-pyrrole nitrogens is 1. The summed E-state index contributed by atoms with van der Waals surface area (Å²) in [6.45, 7) is 5.37. The van der Waals surface area contributed by atoms with Gasteiger partial charge in [0, 0.05) is 22.7 Å². The molecular formula is C21H23N4O3+. The summed E-state index contributed by atoms with van der Waals surface area (Å²) in [5.74, 6) is 1.49. The highest BCUT2D eigenvalue weighted by atomic mass is 16.4. The number of carbonyl (C=O) groups excluding carboxylic acids is 1. The third kappa shape index (κ3) is 3.48. The highest BCUT2D eigenvalue weighted by Gasteiger charge is 2.29. The van der Waals surface area contributed by atoms with E-state index in [1.54, 1.807) is 24.6 Å². The average molecular weight is 379 g/mol. The molecule has 0 aliphatic heterocycles. The van der Waals surface area contributed by atoms with Crippen LogP contribution in [0.4, 0.5) is 0 Å². The molecule has 0 spiro atoms. The standard InChI is InChI=1S/C21H22N4O3/c1-3-10-25(13-19-23-24-21(28-19)18-9-6-11-27-18)14(2)20(26)16-12-22-17-8-5-4-7-15(16)17/h4-9,11-12,14,22H,3,10,13H2,1-2H3/p+1/t14-/m0/s1. The molecule has 1 unspecified atom stereocenters. The SMILES string of the molecule is CCC[NH+](Cc1nnc(-c2ccco2)o1)[C@@H](C)C(=O)c1c[nH]c2ccccc12. The molecule has 2 N–H and O–H groups in total. The molecule has 28 heavy (non-hydrogen) atoms. The molecule has 3 heterocycles. The van der Waals surface area contributed by atoms with Crippen molar-refractivity contribution in [2.24, 2.45) is 0 Å². The van der Waals surface area contributed by atoms with Crippen LogP contribution < -0.4 is 4.90 Å². The highest BCUT2D eigenvalue weighted by Crippen LogP contribution is 2.19. The number of rotatable bonds is 8. The molecule has 4 aromatic rings. The zero-order valence-corrected chi connectivity index (χ0v) is 15.9. The van der Waals surface area contributed by atoms with Crippen LogP contribution in [0.2, 0.25) is 0 Å². The van der Waals surface area contributed by atoms with Crippen molar-refractivity contribution in [3.8, 4) is 11.7 Å². The van der Waals surface area contributed by atoms with Gasteiger partial charge < -0.3 is 18.7 Å². The summed E-state index contributed by atoms with van der Waals surface area (Å²) in [6.07, 6.45) is 4.31. The van der Waals surface area contributed by atoms with Gasteiger partial charge in [-0.3, -0.25) is 4.79 Å². The smallest absolute Gasteiger partial charge is 0.283 e. The Labute approximate surface area is 162 Å². The Balaban J connectivity index is 1.54. The molecule has 4 rings (SSSR count). The van der Waals surface area contributed by atoms with Crippen molar-refractivity contribution in [1.29, 1.82) is 0 Å². The molecule has 144 valence electrons. The number of fused-ring (bicyclic) bond motifs is 1. The normalized spacial score (nSPS) is 13.6. The van der Waals surface area contributed by atoms with Gasteiger partial charge in [0.2, 0.25) is 5.78 Å². The number of hydrogen-bond acceptors (Lipinski definition) is 5. The first kappa shape index (κ1) is 18.2. The molecule has 0 saturated carbocycles. The molecule has 3 aromatic heterocycles. The number of hydrogen-bond donors (Lipinski definition) is 2. The number of aromatic amines is 1. The Bertz CT molecular complexity index is 1060. The number of carbonyl (C=O) groups is 1. The number of aromatic nitrogens is 3. The molecule has 0 aliphatic rings. The number of nitrogens with zero attached hydrogens (tertiary/aromatic N) is 2. The zero-order chi connectivity index (χ0) is 19.5. The van der Waals surface area contributed by atoms with Crippen LogP contribution >= 0.6 is 0 Å². The van der Waals surface area contributed by atoms with Crippen molar-refractivity contribution in [3.63, 3.8) is 0 Å².